The molecule has 0 aliphatic heterocycles. The molecular formula is C13H23NO. The van der Waals surface area contributed by atoms with Crippen LogP contribution in [0.15, 0.2) is 0 Å². The quantitative estimate of drug-likeness (QED) is 0.776. The van der Waals surface area contributed by atoms with Crippen LogP contribution in [0.2, 0.25) is 0 Å². The molecule has 15 heavy (non-hydrogen) atoms. The Bertz CT molecular complexity index is 237. The van der Waals surface area contributed by atoms with Crippen LogP contribution in [0.1, 0.15) is 58.3 Å². The van der Waals surface area contributed by atoms with Gasteiger partial charge in [-0.1, -0.05) is 19.8 Å². The molecule has 2 heteroatoms. The zero-order valence-corrected chi connectivity index (χ0v) is 9.80. The fourth-order valence-corrected chi connectivity index (χ4v) is 2.84. The summed E-state index contributed by atoms with van der Waals surface area (Å²) in [7, 11) is 0. The van der Waals surface area contributed by atoms with E-state index in [9.17, 15) is 4.79 Å². The maximum absolute atomic E-state index is 12.0. The lowest BCUT2D eigenvalue weighted by Crippen LogP contribution is -2.54. The first-order valence-electron chi connectivity index (χ1n) is 6.42. The van der Waals surface area contributed by atoms with Gasteiger partial charge in [-0.25, -0.2) is 0 Å². The summed E-state index contributed by atoms with van der Waals surface area (Å²) in [6, 6.07) is 0. The van der Waals surface area contributed by atoms with E-state index >= 15 is 0 Å². The highest BCUT2D eigenvalue weighted by atomic mass is 16.1. The van der Waals surface area contributed by atoms with Crippen LogP contribution in [-0.4, -0.2) is 11.3 Å². The minimum Gasteiger partial charge on any atom is -0.319 e. The number of ketones is 1. The molecule has 2 fully saturated rings. The van der Waals surface area contributed by atoms with E-state index in [0.29, 0.717) is 11.7 Å². The van der Waals surface area contributed by atoms with Crippen molar-refractivity contribution in [1.82, 2.24) is 0 Å². The lowest BCUT2D eigenvalue weighted by atomic mass is 9.70. The van der Waals surface area contributed by atoms with Crippen LogP contribution in [0.25, 0.3) is 0 Å². The van der Waals surface area contributed by atoms with Crippen molar-refractivity contribution in [2.24, 2.45) is 17.6 Å². The molecule has 0 aromatic heterocycles. The normalized spacial score (nSPS) is 34.5. The van der Waals surface area contributed by atoms with Gasteiger partial charge in [0.15, 0.2) is 5.78 Å². The van der Waals surface area contributed by atoms with Crippen LogP contribution in [0.4, 0.5) is 0 Å². The average molecular weight is 209 g/mol. The van der Waals surface area contributed by atoms with E-state index in [0.717, 1.165) is 31.6 Å². The highest BCUT2D eigenvalue weighted by Gasteiger charge is 2.40. The topological polar surface area (TPSA) is 43.1 Å². The third-order valence-electron chi connectivity index (χ3n) is 4.41. The predicted octanol–water partition coefficient (Wildman–Crippen LogP) is 2.65. The number of hydrogen-bond donors (Lipinski definition) is 1. The summed E-state index contributed by atoms with van der Waals surface area (Å²) < 4.78 is 0. The molecule has 0 unspecified atom stereocenters. The van der Waals surface area contributed by atoms with E-state index in [1.54, 1.807) is 0 Å². The Hall–Kier alpha value is -0.370. The van der Waals surface area contributed by atoms with E-state index in [1.807, 2.05) is 0 Å². The van der Waals surface area contributed by atoms with Gasteiger partial charge in [0, 0.05) is 6.42 Å². The van der Waals surface area contributed by atoms with Crippen molar-refractivity contribution in [3.63, 3.8) is 0 Å². The average Bonchev–Trinajstić information content (AvgIpc) is 2.18. The Kier molecular flexibility index (Phi) is 3.15. The van der Waals surface area contributed by atoms with Crippen molar-refractivity contribution in [1.29, 1.82) is 0 Å². The van der Waals surface area contributed by atoms with Gasteiger partial charge in [0.25, 0.3) is 0 Å². The van der Waals surface area contributed by atoms with Gasteiger partial charge in [-0.2, -0.15) is 0 Å². The van der Waals surface area contributed by atoms with E-state index in [2.05, 4.69) is 6.92 Å². The summed E-state index contributed by atoms with van der Waals surface area (Å²) in [6.07, 6.45) is 8.83. The van der Waals surface area contributed by atoms with Gasteiger partial charge in [0.05, 0.1) is 5.54 Å². The predicted molar refractivity (Wildman–Crippen MR) is 61.5 cm³/mol. The first-order valence-corrected chi connectivity index (χ1v) is 6.42. The molecule has 2 aliphatic rings. The number of hydrogen-bond acceptors (Lipinski definition) is 2. The maximum Gasteiger partial charge on any atom is 0.152 e. The molecule has 2 aliphatic carbocycles. The zero-order valence-electron chi connectivity index (χ0n) is 9.80. The molecule has 86 valence electrons. The minimum absolute atomic E-state index is 0.341. The molecule has 0 spiro atoms. The molecule has 0 bridgehead atoms. The van der Waals surface area contributed by atoms with Gasteiger partial charge in [0.2, 0.25) is 0 Å². The Balaban J connectivity index is 1.79. The molecule has 0 radical (unpaired) electrons. The largest absolute Gasteiger partial charge is 0.319 e. The molecule has 2 N–H and O–H groups in total. The summed E-state index contributed by atoms with van der Waals surface area (Å²) in [5.74, 6) is 1.84. The van der Waals surface area contributed by atoms with E-state index < -0.39 is 5.54 Å². The van der Waals surface area contributed by atoms with Crippen molar-refractivity contribution in [3.8, 4) is 0 Å². The van der Waals surface area contributed by atoms with Crippen LogP contribution >= 0.6 is 0 Å². The highest BCUT2D eigenvalue weighted by Crippen LogP contribution is 2.35. The molecule has 0 amide bonds. The Morgan fingerprint density at radius 1 is 1.27 bits per heavy atom. The SMILES string of the molecule is CC1CCC(CC(=O)C2(N)CCC2)CC1. The third-order valence-corrected chi connectivity index (χ3v) is 4.41. The second kappa shape index (κ2) is 4.25. The van der Waals surface area contributed by atoms with Crippen LogP contribution < -0.4 is 5.73 Å². The molecule has 0 heterocycles. The first kappa shape index (κ1) is 11.1. The van der Waals surface area contributed by atoms with Crippen LogP contribution in [0.5, 0.6) is 0 Å². The van der Waals surface area contributed by atoms with Gasteiger partial charge in [-0.05, 0) is 43.9 Å². The Morgan fingerprint density at radius 2 is 1.87 bits per heavy atom. The Labute approximate surface area is 92.6 Å². The second-order valence-electron chi connectivity index (χ2n) is 5.76. The smallest absolute Gasteiger partial charge is 0.152 e. The molecule has 2 saturated carbocycles. The molecule has 0 aromatic rings. The van der Waals surface area contributed by atoms with Crippen molar-refractivity contribution in [3.05, 3.63) is 0 Å². The molecule has 0 saturated heterocycles. The fraction of sp³-hybridized carbons (Fsp3) is 0.923. The van der Waals surface area contributed by atoms with Crippen molar-refractivity contribution in [2.45, 2.75) is 63.8 Å². The van der Waals surface area contributed by atoms with Crippen molar-refractivity contribution in [2.75, 3.05) is 0 Å². The molecule has 0 aromatic carbocycles. The molecular weight excluding hydrogens is 186 g/mol. The lowest BCUT2D eigenvalue weighted by Gasteiger charge is -2.38. The maximum atomic E-state index is 12.0. The van der Waals surface area contributed by atoms with Gasteiger partial charge >= 0.3 is 0 Å². The minimum atomic E-state index is -0.414. The summed E-state index contributed by atoms with van der Waals surface area (Å²) in [6.45, 7) is 2.31. The van der Waals surface area contributed by atoms with E-state index in [4.69, 9.17) is 5.73 Å². The van der Waals surface area contributed by atoms with Gasteiger partial charge < -0.3 is 5.73 Å². The van der Waals surface area contributed by atoms with Gasteiger partial charge in [-0.3, -0.25) is 4.79 Å². The van der Waals surface area contributed by atoms with Crippen molar-refractivity contribution >= 4 is 5.78 Å². The third kappa shape index (κ3) is 2.41. The monoisotopic (exact) mass is 209 g/mol. The van der Waals surface area contributed by atoms with E-state index in [1.165, 1.54) is 25.7 Å². The first-order chi connectivity index (χ1) is 7.10. The number of carbonyl (C=O) groups is 1. The van der Waals surface area contributed by atoms with Gasteiger partial charge in [-0.15, -0.1) is 0 Å². The van der Waals surface area contributed by atoms with E-state index in [-0.39, 0.29) is 0 Å². The lowest BCUT2D eigenvalue weighted by molar-refractivity contribution is -0.128. The number of carbonyl (C=O) groups excluding carboxylic acids is 1. The second-order valence-corrected chi connectivity index (χ2v) is 5.76. The van der Waals surface area contributed by atoms with Crippen LogP contribution in [0.3, 0.4) is 0 Å². The molecule has 0 atom stereocenters. The Morgan fingerprint density at radius 3 is 2.33 bits per heavy atom. The number of Topliss-reactive ketones (excluding diaryl/α,β-unsaturated/α-hetero) is 1. The molecule has 2 rings (SSSR count). The number of rotatable bonds is 3. The van der Waals surface area contributed by atoms with Crippen LogP contribution in [-0.2, 0) is 4.79 Å². The standard InChI is InChI=1S/C13H23NO/c1-10-3-5-11(6-4-10)9-12(15)13(14)7-2-8-13/h10-11H,2-9,14H2,1H3. The number of nitrogens with two attached hydrogens (primary N) is 1. The summed E-state index contributed by atoms with van der Waals surface area (Å²) in [5.41, 5.74) is 5.63. The summed E-state index contributed by atoms with van der Waals surface area (Å²) >= 11 is 0. The van der Waals surface area contributed by atoms with Gasteiger partial charge in [0.1, 0.15) is 0 Å². The van der Waals surface area contributed by atoms with Crippen molar-refractivity contribution < 1.29 is 4.79 Å². The summed E-state index contributed by atoms with van der Waals surface area (Å²) in [4.78, 5) is 12.0. The zero-order chi connectivity index (χ0) is 10.9. The van der Waals surface area contributed by atoms with Crippen LogP contribution in [0, 0.1) is 11.8 Å². The summed E-state index contributed by atoms with van der Waals surface area (Å²) in [5, 5.41) is 0. The molecule has 2 nitrogen and oxygen atoms in total. The fourth-order valence-electron chi connectivity index (χ4n) is 2.84. The highest BCUT2D eigenvalue weighted by molar-refractivity contribution is 5.89.